The quantitative estimate of drug-likeness (QED) is 0.904. The highest BCUT2D eigenvalue weighted by Crippen LogP contribution is 2.19. The molecule has 1 aromatic carbocycles. The molecule has 0 amide bonds. The standard InChI is InChI=1S/C14H17FN2O/c1-10-11(8-16)7-14(18-10)9-17(2)13-5-3-12(15)4-6-13/h3-7H,8-9,16H2,1-2H3. The molecule has 0 unspecified atom stereocenters. The number of hydrogen-bond acceptors (Lipinski definition) is 3. The summed E-state index contributed by atoms with van der Waals surface area (Å²) in [4.78, 5) is 2.00. The molecule has 0 aliphatic heterocycles. The Morgan fingerprint density at radius 1 is 1.28 bits per heavy atom. The Morgan fingerprint density at radius 3 is 2.50 bits per heavy atom. The topological polar surface area (TPSA) is 42.4 Å². The van der Waals surface area contributed by atoms with Crippen LogP contribution in [0.3, 0.4) is 0 Å². The molecule has 3 nitrogen and oxygen atoms in total. The third kappa shape index (κ3) is 2.71. The van der Waals surface area contributed by atoms with E-state index in [0.29, 0.717) is 13.1 Å². The second-order valence-corrected chi connectivity index (χ2v) is 4.33. The second-order valence-electron chi connectivity index (χ2n) is 4.33. The summed E-state index contributed by atoms with van der Waals surface area (Å²) in [5.74, 6) is 1.49. The molecule has 0 aliphatic carbocycles. The smallest absolute Gasteiger partial charge is 0.123 e. The zero-order valence-corrected chi connectivity index (χ0v) is 10.6. The first kappa shape index (κ1) is 12.6. The van der Waals surface area contributed by atoms with Crippen molar-refractivity contribution in [1.29, 1.82) is 0 Å². The molecule has 0 saturated heterocycles. The van der Waals surface area contributed by atoms with Crippen LogP contribution in [-0.2, 0) is 13.1 Å². The monoisotopic (exact) mass is 248 g/mol. The Bertz CT molecular complexity index is 519. The number of furan rings is 1. The molecule has 0 atom stereocenters. The molecule has 2 rings (SSSR count). The van der Waals surface area contributed by atoms with Gasteiger partial charge < -0.3 is 15.1 Å². The van der Waals surface area contributed by atoms with E-state index in [1.807, 2.05) is 24.9 Å². The van der Waals surface area contributed by atoms with E-state index in [-0.39, 0.29) is 5.82 Å². The fourth-order valence-corrected chi connectivity index (χ4v) is 1.89. The van der Waals surface area contributed by atoms with Gasteiger partial charge in [0, 0.05) is 24.8 Å². The number of halogens is 1. The van der Waals surface area contributed by atoms with E-state index in [4.69, 9.17) is 10.2 Å². The third-order valence-electron chi connectivity index (χ3n) is 2.95. The molecule has 0 fully saturated rings. The molecule has 1 heterocycles. The van der Waals surface area contributed by atoms with Crippen LogP contribution in [0.1, 0.15) is 17.1 Å². The molecule has 1 aromatic heterocycles. The van der Waals surface area contributed by atoms with Crippen molar-refractivity contribution in [3.63, 3.8) is 0 Å². The van der Waals surface area contributed by atoms with Gasteiger partial charge in [-0.2, -0.15) is 0 Å². The van der Waals surface area contributed by atoms with E-state index in [0.717, 1.165) is 22.8 Å². The summed E-state index contributed by atoms with van der Waals surface area (Å²) in [6, 6.07) is 8.36. The third-order valence-corrected chi connectivity index (χ3v) is 2.95. The van der Waals surface area contributed by atoms with Gasteiger partial charge in [-0.1, -0.05) is 0 Å². The fourth-order valence-electron chi connectivity index (χ4n) is 1.89. The highest BCUT2D eigenvalue weighted by molar-refractivity contribution is 5.45. The van der Waals surface area contributed by atoms with E-state index in [9.17, 15) is 4.39 Å². The van der Waals surface area contributed by atoms with Crippen LogP contribution in [0.4, 0.5) is 10.1 Å². The Labute approximate surface area is 106 Å². The molecule has 0 bridgehead atoms. The molecule has 0 radical (unpaired) electrons. The van der Waals surface area contributed by atoms with Gasteiger partial charge in [0.15, 0.2) is 0 Å². The average molecular weight is 248 g/mol. The van der Waals surface area contributed by atoms with Gasteiger partial charge in [0.1, 0.15) is 17.3 Å². The van der Waals surface area contributed by atoms with Crippen molar-refractivity contribution in [3.8, 4) is 0 Å². The van der Waals surface area contributed by atoms with Gasteiger partial charge in [-0.3, -0.25) is 0 Å². The zero-order chi connectivity index (χ0) is 13.1. The van der Waals surface area contributed by atoms with Crippen molar-refractivity contribution in [1.82, 2.24) is 0 Å². The van der Waals surface area contributed by atoms with Gasteiger partial charge in [-0.05, 0) is 37.3 Å². The number of benzene rings is 1. The predicted molar refractivity (Wildman–Crippen MR) is 69.8 cm³/mol. The van der Waals surface area contributed by atoms with Crippen LogP contribution in [0, 0.1) is 12.7 Å². The molecule has 0 saturated carbocycles. The fraction of sp³-hybridized carbons (Fsp3) is 0.286. The van der Waals surface area contributed by atoms with Gasteiger partial charge in [-0.25, -0.2) is 4.39 Å². The lowest BCUT2D eigenvalue weighted by Crippen LogP contribution is -2.15. The minimum atomic E-state index is -0.230. The van der Waals surface area contributed by atoms with E-state index in [1.165, 1.54) is 12.1 Å². The van der Waals surface area contributed by atoms with Gasteiger partial charge in [-0.15, -0.1) is 0 Å². The molecule has 2 aromatic rings. The first-order chi connectivity index (χ1) is 8.60. The molecule has 18 heavy (non-hydrogen) atoms. The summed E-state index contributed by atoms with van der Waals surface area (Å²) >= 11 is 0. The van der Waals surface area contributed by atoms with Crippen molar-refractivity contribution in [3.05, 3.63) is 53.2 Å². The summed E-state index contributed by atoms with van der Waals surface area (Å²) < 4.78 is 18.5. The number of hydrogen-bond donors (Lipinski definition) is 1. The maximum atomic E-state index is 12.8. The van der Waals surface area contributed by atoms with Crippen LogP contribution in [0.25, 0.3) is 0 Å². The minimum Gasteiger partial charge on any atom is -0.464 e. The lowest BCUT2D eigenvalue weighted by Gasteiger charge is -2.17. The van der Waals surface area contributed by atoms with Crippen LogP contribution < -0.4 is 10.6 Å². The molecule has 2 N–H and O–H groups in total. The Balaban J connectivity index is 2.10. The van der Waals surface area contributed by atoms with E-state index in [2.05, 4.69) is 0 Å². The average Bonchev–Trinajstić information content (AvgIpc) is 2.70. The Kier molecular flexibility index (Phi) is 3.67. The van der Waals surface area contributed by atoms with Crippen molar-refractivity contribution in [2.45, 2.75) is 20.0 Å². The zero-order valence-electron chi connectivity index (χ0n) is 10.6. The number of anilines is 1. The van der Waals surface area contributed by atoms with Crippen molar-refractivity contribution >= 4 is 5.69 Å². The molecule has 4 heteroatoms. The van der Waals surface area contributed by atoms with Gasteiger partial charge in [0.05, 0.1) is 6.54 Å². The highest BCUT2D eigenvalue weighted by Gasteiger charge is 2.09. The number of nitrogens with zero attached hydrogens (tertiary/aromatic N) is 1. The molecule has 96 valence electrons. The maximum Gasteiger partial charge on any atom is 0.123 e. The number of rotatable bonds is 4. The lowest BCUT2D eigenvalue weighted by molar-refractivity contribution is 0.479. The summed E-state index contributed by atoms with van der Waals surface area (Å²) in [6.45, 7) is 3.02. The molecular weight excluding hydrogens is 231 g/mol. The van der Waals surface area contributed by atoms with Gasteiger partial charge in [0.25, 0.3) is 0 Å². The normalized spacial score (nSPS) is 10.7. The SMILES string of the molecule is Cc1oc(CN(C)c2ccc(F)cc2)cc1CN. The van der Waals surface area contributed by atoms with E-state index in [1.54, 1.807) is 12.1 Å². The highest BCUT2D eigenvalue weighted by atomic mass is 19.1. The van der Waals surface area contributed by atoms with Gasteiger partial charge in [0.2, 0.25) is 0 Å². The Morgan fingerprint density at radius 2 is 1.94 bits per heavy atom. The number of aryl methyl sites for hydroxylation is 1. The molecular formula is C14H17FN2O. The Hall–Kier alpha value is -1.81. The summed E-state index contributed by atoms with van der Waals surface area (Å²) in [6.07, 6.45) is 0. The second kappa shape index (κ2) is 5.23. The maximum absolute atomic E-state index is 12.8. The predicted octanol–water partition coefficient (Wildman–Crippen LogP) is 2.82. The van der Waals surface area contributed by atoms with Gasteiger partial charge >= 0.3 is 0 Å². The number of nitrogens with two attached hydrogens (primary N) is 1. The van der Waals surface area contributed by atoms with Crippen molar-refractivity contribution in [2.24, 2.45) is 5.73 Å². The summed E-state index contributed by atoms with van der Waals surface area (Å²) in [5.41, 5.74) is 7.58. The van der Waals surface area contributed by atoms with E-state index < -0.39 is 0 Å². The molecule has 0 spiro atoms. The summed E-state index contributed by atoms with van der Waals surface area (Å²) in [5, 5.41) is 0. The summed E-state index contributed by atoms with van der Waals surface area (Å²) in [7, 11) is 1.94. The van der Waals surface area contributed by atoms with Crippen LogP contribution in [-0.4, -0.2) is 7.05 Å². The van der Waals surface area contributed by atoms with Crippen molar-refractivity contribution < 1.29 is 8.81 Å². The van der Waals surface area contributed by atoms with Crippen LogP contribution in [0.15, 0.2) is 34.7 Å². The van der Waals surface area contributed by atoms with Crippen LogP contribution in [0.5, 0.6) is 0 Å². The minimum absolute atomic E-state index is 0.230. The first-order valence-electron chi connectivity index (χ1n) is 5.85. The largest absolute Gasteiger partial charge is 0.464 e. The molecule has 0 aliphatic rings. The lowest BCUT2D eigenvalue weighted by atomic mass is 10.2. The van der Waals surface area contributed by atoms with Crippen molar-refractivity contribution in [2.75, 3.05) is 11.9 Å². The van der Waals surface area contributed by atoms with Crippen LogP contribution >= 0.6 is 0 Å². The van der Waals surface area contributed by atoms with Crippen LogP contribution in [0.2, 0.25) is 0 Å². The first-order valence-corrected chi connectivity index (χ1v) is 5.85. The van der Waals surface area contributed by atoms with E-state index >= 15 is 0 Å².